The molecule has 0 aliphatic carbocycles. The number of rotatable bonds is 2. The van der Waals surface area contributed by atoms with Crippen molar-refractivity contribution in [1.82, 2.24) is 4.98 Å². The van der Waals surface area contributed by atoms with Crippen molar-refractivity contribution in [1.29, 1.82) is 0 Å². The molecule has 1 atom stereocenters. The van der Waals surface area contributed by atoms with E-state index in [1.54, 1.807) is 13.0 Å². The van der Waals surface area contributed by atoms with Crippen molar-refractivity contribution < 1.29 is 18.3 Å². The summed E-state index contributed by atoms with van der Waals surface area (Å²) in [6.07, 6.45) is -5.98. The molecule has 1 heterocycles. The molecule has 1 rings (SSSR count). The summed E-state index contributed by atoms with van der Waals surface area (Å²) in [5.74, 6) is 0. The Bertz CT molecular complexity index is 311. The van der Waals surface area contributed by atoms with Crippen molar-refractivity contribution >= 4 is 0 Å². The molecule has 0 saturated heterocycles. The van der Waals surface area contributed by atoms with Crippen molar-refractivity contribution in [3.05, 3.63) is 29.6 Å². The summed E-state index contributed by atoms with van der Waals surface area (Å²) < 4.78 is 35.9. The van der Waals surface area contributed by atoms with Gasteiger partial charge in [0.1, 0.15) is 0 Å². The van der Waals surface area contributed by atoms with Crippen molar-refractivity contribution in [3.63, 3.8) is 0 Å². The molecule has 0 unspecified atom stereocenters. The molecule has 0 aliphatic heterocycles. The van der Waals surface area contributed by atoms with Crippen LogP contribution in [-0.4, -0.2) is 22.4 Å². The number of aliphatic hydroxyl groups is 1. The summed E-state index contributed by atoms with van der Waals surface area (Å²) in [6.45, 7) is 1.76. The Kier molecular flexibility index (Phi) is 3.10. The molecule has 1 aromatic rings. The topological polar surface area (TPSA) is 33.1 Å². The lowest BCUT2D eigenvalue weighted by atomic mass is 10.1. The molecule has 0 amide bonds. The molecular formula is C9H10F3NO. The fourth-order valence-corrected chi connectivity index (χ4v) is 1.02. The van der Waals surface area contributed by atoms with E-state index in [4.69, 9.17) is 5.11 Å². The number of hydrogen-bond donors (Lipinski definition) is 1. The number of alkyl halides is 3. The van der Waals surface area contributed by atoms with Gasteiger partial charge in [-0.1, -0.05) is 0 Å². The Balaban J connectivity index is 2.70. The van der Waals surface area contributed by atoms with E-state index in [1.807, 2.05) is 0 Å². The van der Waals surface area contributed by atoms with E-state index in [1.165, 1.54) is 12.3 Å². The van der Waals surface area contributed by atoms with Gasteiger partial charge in [0.05, 0.1) is 0 Å². The SMILES string of the molecule is Cc1ccnc(C[C@@H](O)C(F)(F)F)c1. The molecule has 5 heteroatoms. The van der Waals surface area contributed by atoms with Crippen LogP contribution < -0.4 is 0 Å². The lowest BCUT2D eigenvalue weighted by Gasteiger charge is -2.13. The van der Waals surface area contributed by atoms with Gasteiger partial charge < -0.3 is 5.11 Å². The average Bonchev–Trinajstić information content (AvgIpc) is 2.02. The smallest absolute Gasteiger partial charge is 0.383 e. The largest absolute Gasteiger partial charge is 0.414 e. The van der Waals surface area contributed by atoms with Crippen LogP contribution in [0, 0.1) is 6.92 Å². The van der Waals surface area contributed by atoms with Gasteiger partial charge in [-0.15, -0.1) is 0 Å². The summed E-state index contributed by atoms with van der Waals surface area (Å²) in [5, 5.41) is 8.77. The predicted octanol–water partition coefficient (Wildman–Crippen LogP) is 1.86. The number of halogens is 3. The van der Waals surface area contributed by atoms with Crippen LogP contribution in [0.4, 0.5) is 13.2 Å². The second kappa shape index (κ2) is 3.96. The first-order valence-electron chi connectivity index (χ1n) is 4.06. The number of aromatic nitrogens is 1. The maximum absolute atomic E-state index is 12.0. The van der Waals surface area contributed by atoms with Crippen molar-refractivity contribution in [2.24, 2.45) is 0 Å². The second-order valence-electron chi connectivity index (χ2n) is 3.09. The number of hydrogen-bond acceptors (Lipinski definition) is 2. The lowest BCUT2D eigenvalue weighted by Crippen LogP contribution is -2.30. The van der Waals surface area contributed by atoms with Crippen molar-refractivity contribution in [2.45, 2.75) is 25.6 Å². The highest BCUT2D eigenvalue weighted by atomic mass is 19.4. The molecular weight excluding hydrogens is 195 g/mol. The number of aliphatic hydroxyl groups excluding tert-OH is 1. The van der Waals surface area contributed by atoms with Gasteiger partial charge in [-0.05, 0) is 24.6 Å². The summed E-state index contributed by atoms with van der Waals surface area (Å²) in [5.41, 5.74) is 1.07. The fraction of sp³-hybridized carbons (Fsp3) is 0.444. The zero-order chi connectivity index (χ0) is 10.8. The van der Waals surface area contributed by atoms with E-state index >= 15 is 0 Å². The van der Waals surface area contributed by atoms with Crippen LogP contribution in [0.25, 0.3) is 0 Å². The molecule has 0 aliphatic rings. The fourth-order valence-electron chi connectivity index (χ4n) is 1.02. The van der Waals surface area contributed by atoms with Gasteiger partial charge in [0.25, 0.3) is 0 Å². The molecule has 0 aromatic carbocycles. The number of aryl methyl sites for hydroxylation is 1. The lowest BCUT2D eigenvalue weighted by molar-refractivity contribution is -0.203. The molecule has 1 aromatic heterocycles. The zero-order valence-corrected chi connectivity index (χ0v) is 7.54. The standard InChI is InChI=1S/C9H10F3NO/c1-6-2-3-13-7(4-6)5-8(14)9(10,11)12/h2-4,8,14H,5H2,1H3/t8-/m1/s1. The van der Waals surface area contributed by atoms with Gasteiger partial charge in [0.15, 0.2) is 6.10 Å². The quantitative estimate of drug-likeness (QED) is 0.799. The minimum atomic E-state index is -4.58. The van der Waals surface area contributed by atoms with Gasteiger partial charge >= 0.3 is 6.18 Å². The van der Waals surface area contributed by atoms with Gasteiger partial charge in [-0.25, -0.2) is 0 Å². The molecule has 0 bridgehead atoms. The minimum Gasteiger partial charge on any atom is -0.383 e. The highest BCUT2D eigenvalue weighted by Crippen LogP contribution is 2.22. The van der Waals surface area contributed by atoms with Crippen LogP contribution in [0.1, 0.15) is 11.3 Å². The third kappa shape index (κ3) is 2.99. The number of nitrogens with zero attached hydrogens (tertiary/aromatic N) is 1. The van der Waals surface area contributed by atoms with Crippen molar-refractivity contribution in [3.8, 4) is 0 Å². The Morgan fingerprint density at radius 1 is 1.50 bits per heavy atom. The summed E-state index contributed by atoms with van der Waals surface area (Å²) in [4.78, 5) is 3.73. The molecule has 0 saturated carbocycles. The Morgan fingerprint density at radius 2 is 2.14 bits per heavy atom. The molecule has 1 N–H and O–H groups in total. The maximum atomic E-state index is 12.0. The van der Waals surface area contributed by atoms with Crippen LogP contribution in [0.5, 0.6) is 0 Å². The first kappa shape index (κ1) is 11.0. The van der Waals surface area contributed by atoms with Crippen LogP contribution in [0.15, 0.2) is 18.3 Å². The summed E-state index contributed by atoms with van der Waals surface area (Å²) in [6, 6.07) is 3.21. The molecule has 14 heavy (non-hydrogen) atoms. The van der Waals surface area contributed by atoms with E-state index in [-0.39, 0.29) is 5.69 Å². The summed E-state index contributed by atoms with van der Waals surface area (Å²) >= 11 is 0. The van der Waals surface area contributed by atoms with Crippen LogP contribution >= 0.6 is 0 Å². The monoisotopic (exact) mass is 205 g/mol. The van der Waals surface area contributed by atoms with E-state index in [9.17, 15) is 13.2 Å². The van der Waals surface area contributed by atoms with Gasteiger partial charge in [-0.2, -0.15) is 13.2 Å². The molecule has 78 valence electrons. The average molecular weight is 205 g/mol. The third-order valence-electron chi connectivity index (χ3n) is 1.75. The maximum Gasteiger partial charge on any atom is 0.414 e. The van der Waals surface area contributed by atoms with Gasteiger partial charge in [0, 0.05) is 18.3 Å². The van der Waals surface area contributed by atoms with Crippen LogP contribution in [0.2, 0.25) is 0 Å². The highest BCUT2D eigenvalue weighted by molar-refractivity contribution is 5.15. The zero-order valence-electron chi connectivity index (χ0n) is 7.54. The Hall–Kier alpha value is -1.10. The highest BCUT2D eigenvalue weighted by Gasteiger charge is 2.38. The van der Waals surface area contributed by atoms with E-state index in [0.29, 0.717) is 0 Å². The minimum absolute atomic E-state index is 0.245. The van der Waals surface area contributed by atoms with Crippen LogP contribution in [-0.2, 0) is 6.42 Å². The van der Waals surface area contributed by atoms with Gasteiger partial charge in [-0.3, -0.25) is 4.98 Å². The normalized spacial score (nSPS) is 14.1. The van der Waals surface area contributed by atoms with E-state index in [2.05, 4.69) is 4.98 Å². The summed E-state index contributed by atoms with van der Waals surface area (Å²) in [7, 11) is 0. The Morgan fingerprint density at radius 3 is 2.64 bits per heavy atom. The van der Waals surface area contributed by atoms with E-state index in [0.717, 1.165) is 5.56 Å². The number of pyridine rings is 1. The molecule has 0 fully saturated rings. The second-order valence-corrected chi connectivity index (χ2v) is 3.09. The first-order chi connectivity index (χ1) is 6.39. The first-order valence-corrected chi connectivity index (χ1v) is 4.06. The predicted molar refractivity (Wildman–Crippen MR) is 44.7 cm³/mol. The van der Waals surface area contributed by atoms with Crippen LogP contribution in [0.3, 0.4) is 0 Å². The van der Waals surface area contributed by atoms with Crippen molar-refractivity contribution in [2.75, 3.05) is 0 Å². The molecule has 0 spiro atoms. The molecule has 0 radical (unpaired) electrons. The van der Waals surface area contributed by atoms with E-state index < -0.39 is 18.7 Å². The van der Waals surface area contributed by atoms with Gasteiger partial charge in [0.2, 0.25) is 0 Å². The Labute approximate surface area is 79.4 Å². The molecule has 2 nitrogen and oxygen atoms in total. The third-order valence-corrected chi connectivity index (χ3v) is 1.75.